The van der Waals surface area contributed by atoms with Gasteiger partial charge < -0.3 is 5.11 Å². The maximum atomic E-state index is 9.80. The Kier molecular flexibility index (Phi) is 3.12. The van der Waals surface area contributed by atoms with Crippen molar-refractivity contribution in [3.8, 4) is 0 Å². The summed E-state index contributed by atoms with van der Waals surface area (Å²) in [5.74, 6) is 0. The molecule has 0 amide bonds. The summed E-state index contributed by atoms with van der Waals surface area (Å²) in [4.78, 5) is 0. The van der Waals surface area contributed by atoms with Crippen molar-refractivity contribution in [3.05, 3.63) is 48.6 Å². The Morgan fingerprint density at radius 3 is 2.46 bits per heavy atom. The van der Waals surface area contributed by atoms with Gasteiger partial charge in [0.05, 0.1) is 5.38 Å². The van der Waals surface area contributed by atoms with Gasteiger partial charge >= 0.3 is 0 Å². The number of hydrogen-bond acceptors (Lipinski definition) is 1. The zero-order valence-corrected chi connectivity index (χ0v) is 8.33. The van der Waals surface area contributed by atoms with Gasteiger partial charge in [0.1, 0.15) is 5.60 Å². The Hall–Kier alpha value is -0.790. The first kappa shape index (κ1) is 10.3. The molecule has 2 atom stereocenters. The highest BCUT2D eigenvalue weighted by Gasteiger charge is 2.27. The van der Waals surface area contributed by atoms with Crippen LogP contribution in [-0.4, -0.2) is 10.7 Å². The monoisotopic (exact) mass is 196 g/mol. The highest BCUT2D eigenvalue weighted by Crippen LogP contribution is 2.32. The summed E-state index contributed by atoms with van der Waals surface area (Å²) in [6.45, 7) is 5.19. The largest absolute Gasteiger partial charge is 0.384 e. The molecule has 0 radical (unpaired) electrons. The van der Waals surface area contributed by atoms with Gasteiger partial charge in [0.25, 0.3) is 0 Å². The van der Waals surface area contributed by atoms with Crippen molar-refractivity contribution in [1.29, 1.82) is 0 Å². The maximum absolute atomic E-state index is 9.80. The molecule has 0 aliphatic rings. The summed E-state index contributed by atoms with van der Waals surface area (Å²) >= 11 is 6.08. The molecule has 0 spiro atoms. The summed E-state index contributed by atoms with van der Waals surface area (Å²) in [5.41, 5.74) is -0.169. The number of hydrogen-bond donors (Lipinski definition) is 1. The first-order valence-corrected chi connectivity index (χ1v) is 4.56. The normalized spacial score (nSPS) is 17.5. The third-order valence-electron chi connectivity index (χ3n) is 2.02. The van der Waals surface area contributed by atoms with Gasteiger partial charge in [-0.1, -0.05) is 36.4 Å². The Morgan fingerprint density at radius 1 is 1.46 bits per heavy atom. The zero-order chi connectivity index (χ0) is 9.90. The summed E-state index contributed by atoms with van der Waals surface area (Å²) in [6.07, 6.45) is 1.46. The van der Waals surface area contributed by atoms with Gasteiger partial charge in [0.2, 0.25) is 0 Å². The average Bonchev–Trinajstić information content (AvgIpc) is 2.18. The van der Waals surface area contributed by atoms with Gasteiger partial charge in [-0.25, -0.2) is 0 Å². The van der Waals surface area contributed by atoms with E-state index in [9.17, 15) is 5.11 Å². The highest BCUT2D eigenvalue weighted by molar-refractivity contribution is 6.21. The Morgan fingerprint density at radius 2 is 2.00 bits per heavy atom. The van der Waals surface area contributed by atoms with Gasteiger partial charge in [-0.2, -0.15) is 0 Å². The Bertz CT molecular complexity index is 279. The molecule has 2 heteroatoms. The van der Waals surface area contributed by atoms with E-state index in [0.29, 0.717) is 0 Å². The zero-order valence-electron chi connectivity index (χ0n) is 7.57. The molecule has 0 aromatic heterocycles. The van der Waals surface area contributed by atoms with E-state index in [1.54, 1.807) is 6.92 Å². The van der Waals surface area contributed by atoms with Crippen LogP contribution in [0.2, 0.25) is 0 Å². The quantitative estimate of drug-likeness (QED) is 0.582. The fourth-order valence-corrected chi connectivity index (χ4v) is 1.30. The number of aliphatic hydroxyl groups is 1. The van der Waals surface area contributed by atoms with E-state index >= 15 is 0 Å². The van der Waals surface area contributed by atoms with Crippen molar-refractivity contribution >= 4 is 11.6 Å². The van der Waals surface area contributed by atoms with Gasteiger partial charge in [-0.3, -0.25) is 0 Å². The molecule has 1 rings (SSSR count). The first-order valence-electron chi connectivity index (χ1n) is 4.13. The molecule has 0 heterocycles. The standard InChI is InChI=1S/C11H13ClO/c1-3-11(2,13)10(12)9-7-5-4-6-8-9/h3-8,10,13H,1H2,2H3. The van der Waals surface area contributed by atoms with E-state index in [0.717, 1.165) is 5.56 Å². The van der Waals surface area contributed by atoms with Crippen LogP contribution in [0, 0.1) is 0 Å². The smallest absolute Gasteiger partial charge is 0.100 e. The molecule has 0 saturated heterocycles. The van der Waals surface area contributed by atoms with Crippen molar-refractivity contribution in [2.45, 2.75) is 17.9 Å². The summed E-state index contributed by atoms with van der Waals surface area (Å²) < 4.78 is 0. The van der Waals surface area contributed by atoms with E-state index in [1.165, 1.54) is 6.08 Å². The van der Waals surface area contributed by atoms with Crippen molar-refractivity contribution in [3.63, 3.8) is 0 Å². The average molecular weight is 197 g/mol. The molecule has 1 aromatic rings. The molecular formula is C11H13ClO. The van der Waals surface area contributed by atoms with Crippen LogP contribution in [0.4, 0.5) is 0 Å². The lowest BCUT2D eigenvalue weighted by Crippen LogP contribution is -2.26. The van der Waals surface area contributed by atoms with E-state index in [-0.39, 0.29) is 0 Å². The summed E-state index contributed by atoms with van der Waals surface area (Å²) in [7, 11) is 0. The molecule has 0 saturated carbocycles. The lowest BCUT2D eigenvalue weighted by atomic mass is 9.96. The fraction of sp³-hybridized carbons (Fsp3) is 0.273. The molecule has 1 nitrogen and oxygen atoms in total. The van der Waals surface area contributed by atoms with Crippen LogP contribution in [-0.2, 0) is 0 Å². The van der Waals surface area contributed by atoms with Gasteiger partial charge in [-0.15, -0.1) is 18.2 Å². The number of rotatable bonds is 3. The predicted molar refractivity (Wildman–Crippen MR) is 55.9 cm³/mol. The molecule has 0 aliphatic heterocycles. The minimum atomic E-state index is -1.07. The lowest BCUT2D eigenvalue weighted by Gasteiger charge is -2.24. The molecule has 70 valence electrons. The third kappa shape index (κ3) is 2.33. The molecule has 1 aromatic carbocycles. The number of alkyl halides is 1. The fourth-order valence-electron chi connectivity index (χ4n) is 1.06. The summed E-state index contributed by atoms with van der Waals surface area (Å²) in [5, 5.41) is 9.34. The molecule has 13 heavy (non-hydrogen) atoms. The van der Waals surface area contributed by atoms with Crippen LogP contribution >= 0.6 is 11.6 Å². The number of benzene rings is 1. The highest BCUT2D eigenvalue weighted by atomic mass is 35.5. The molecule has 2 unspecified atom stereocenters. The maximum Gasteiger partial charge on any atom is 0.100 e. The van der Waals surface area contributed by atoms with Crippen LogP contribution in [0.15, 0.2) is 43.0 Å². The van der Waals surface area contributed by atoms with Crippen molar-refractivity contribution in [1.82, 2.24) is 0 Å². The topological polar surface area (TPSA) is 20.2 Å². The molecular weight excluding hydrogens is 184 g/mol. The summed E-state index contributed by atoms with van der Waals surface area (Å²) in [6, 6.07) is 9.47. The van der Waals surface area contributed by atoms with Crippen LogP contribution in [0.1, 0.15) is 17.9 Å². The molecule has 0 bridgehead atoms. The minimum absolute atomic E-state index is 0.453. The van der Waals surface area contributed by atoms with Crippen LogP contribution in [0.5, 0.6) is 0 Å². The van der Waals surface area contributed by atoms with Crippen LogP contribution in [0.25, 0.3) is 0 Å². The van der Waals surface area contributed by atoms with Crippen molar-refractivity contribution in [2.24, 2.45) is 0 Å². The van der Waals surface area contributed by atoms with E-state index in [4.69, 9.17) is 11.6 Å². The predicted octanol–water partition coefficient (Wildman–Crippen LogP) is 2.90. The Labute approximate surface area is 83.7 Å². The van der Waals surface area contributed by atoms with Gasteiger partial charge in [-0.05, 0) is 12.5 Å². The Balaban J connectivity index is 2.91. The van der Waals surface area contributed by atoms with Crippen LogP contribution < -0.4 is 0 Å². The van der Waals surface area contributed by atoms with Gasteiger partial charge in [0, 0.05) is 0 Å². The van der Waals surface area contributed by atoms with Gasteiger partial charge in [0.15, 0.2) is 0 Å². The van der Waals surface area contributed by atoms with E-state index < -0.39 is 11.0 Å². The SMILES string of the molecule is C=CC(C)(O)C(Cl)c1ccccc1. The van der Waals surface area contributed by atoms with E-state index in [2.05, 4.69) is 6.58 Å². The lowest BCUT2D eigenvalue weighted by molar-refractivity contribution is 0.107. The molecule has 1 N–H and O–H groups in total. The molecule has 0 fully saturated rings. The van der Waals surface area contributed by atoms with Crippen molar-refractivity contribution in [2.75, 3.05) is 0 Å². The second-order valence-electron chi connectivity index (χ2n) is 3.20. The molecule has 0 aliphatic carbocycles. The second kappa shape index (κ2) is 3.95. The van der Waals surface area contributed by atoms with E-state index in [1.807, 2.05) is 30.3 Å². The second-order valence-corrected chi connectivity index (χ2v) is 3.64. The minimum Gasteiger partial charge on any atom is -0.384 e. The van der Waals surface area contributed by atoms with Crippen LogP contribution in [0.3, 0.4) is 0 Å². The third-order valence-corrected chi connectivity index (χ3v) is 2.71. The first-order chi connectivity index (χ1) is 6.08. The van der Waals surface area contributed by atoms with Crippen molar-refractivity contribution < 1.29 is 5.11 Å². The number of halogens is 1.